The zero-order valence-corrected chi connectivity index (χ0v) is 13.2. The van der Waals surface area contributed by atoms with Gasteiger partial charge in [-0.1, -0.05) is 46.0 Å². The Balaban J connectivity index is 1.84. The molecule has 1 fully saturated rings. The predicted octanol–water partition coefficient (Wildman–Crippen LogP) is 2.95. The Morgan fingerprint density at radius 2 is 1.95 bits per heavy atom. The van der Waals surface area contributed by atoms with Crippen molar-refractivity contribution in [2.45, 2.75) is 71.9 Å². The van der Waals surface area contributed by atoms with Gasteiger partial charge in [-0.3, -0.25) is 0 Å². The Morgan fingerprint density at radius 3 is 2.65 bits per heavy atom. The van der Waals surface area contributed by atoms with Crippen molar-refractivity contribution in [1.29, 1.82) is 0 Å². The van der Waals surface area contributed by atoms with Crippen molar-refractivity contribution >= 4 is 0 Å². The van der Waals surface area contributed by atoms with E-state index in [2.05, 4.69) is 41.6 Å². The molecule has 0 saturated heterocycles. The minimum Gasteiger partial charge on any atom is -0.307 e. The van der Waals surface area contributed by atoms with Crippen LogP contribution < -0.4 is 5.32 Å². The summed E-state index contributed by atoms with van der Waals surface area (Å²) in [6, 6.07) is 0.221. The molecule has 1 unspecified atom stereocenters. The molecule has 1 atom stereocenters. The summed E-state index contributed by atoms with van der Waals surface area (Å²) in [6.45, 7) is 8.53. The molecule has 1 aliphatic rings. The smallest absolute Gasteiger partial charge is 0.167 e. The predicted molar refractivity (Wildman–Crippen MR) is 80.3 cm³/mol. The molecule has 1 aromatic rings. The third kappa shape index (κ3) is 4.54. The van der Waals surface area contributed by atoms with E-state index in [1.807, 2.05) is 4.68 Å². The van der Waals surface area contributed by atoms with Crippen molar-refractivity contribution in [3.8, 4) is 0 Å². The van der Waals surface area contributed by atoms with Gasteiger partial charge in [0, 0.05) is 6.54 Å². The Hall–Kier alpha value is -0.970. The first-order chi connectivity index (χ1) is 9.66. The molecule has 0 amide bonds. The first kappa shape index (κ1) is 15.4. The molecule has 5 nitrogen and oxygen atoms in total. The summed E-state index contributed by atoms with van der Waals surface area (Å²) in [5.74, 6) is 2.49. The van der Waals surface area contributed by atoms with Crippen LogP contribution in [0.2, 0.25) is 0 Å². The molecule has 1 heterocycles. The number of hydrogen-bond donors (Lipinski definition) is 1. The van der Waals surface area contributed by atoms with Gasteiger partial charge < -0.3 is 5.32 Å². The highest BCUT2D eigenvalue weighted by Crippen LogP contribution is 2.26. The van der Waals surface area contributed by atoms with Gasteiger partial charge in [0.15, 0.2) is 5.82 Å². The molecule has 0 aromatic carbocycles. The lowest BCUT2D eigenvalue weighted by Crippen LogP contribution is -2.26. The maximum absolute atomic E-state index is 4.20. The van der Waals surface area contributed by atoms with Crippen LogP contribution in [-0.4, -0.2) is 26.8 Å². The van der Waals surface area contributed by atoms with E-state index in [0.717, 1.165) is 24.8 Å². The largest absolute Gasteiger partial charge is 0.307 e. The number of aromatic nitrogens is 4. The lowest BCUT2D eigenvalue weighted by molar-refractivity contribution is 0.313. The minimum atomic E-state index is 0.221. The van der Waals surface area contributed by atoms with Gasteiger partial charge in [0.25, 0.3) is 0 Å². The van der Waals surface area contributed by atoms with E-state index in [-0.39, 0.29) is 6.04 Å². The van der Waals surface area contributed by atoms with Crippen molar-refractivity contribution < 1.29 is 0 Å². The number of rotatable bonds is 7. The topological polar surface area (TPSA) is 55.6 Å². The van der Waals surface area contributed by atoms with Gasteiger partial charge in [-0.2, -0.15) is 0 Å². The van der Waals surface area contributed by atoms with Crippen LogP contribution in [-0.2, 0) is 6.54 Å². The second-order valence-corrected chi connectivity index (χ2v) is 6.58. The fourth-order valence-corrected chi connectivity index (χ4v) is 2.97. The van der Waals surface area contributed by atoms with Crippen molar-refractivity contribution in [2.75, 3.05) is 6.54 Å². The van der Waals surface area contributed by atoms with Crippen LogP contribution in [0.1, 0.15) is 71.2 Å². The lowest BCUT2D eigenvalue weighted by atomic mass is 9.87. The molecule has 0 spiro atoms. The van der Waals surface area contributed by atoms with Gasteiger partial charge in [0.2, 0.25) is 0 Å². The average Bonchev–Trinajstić information content (AvgIpc) is 2.92. The van der Waals surface area contributed by atoms with E-state index in [0.29, 0.717) is 5.92 Å². The second kappa shape index (κ2) is 7.72. The highest BCUT2D eigenvalue weighted by molar-refractivity contribution is 4.89. The van der Waals surface area contributed by atoms with Crippen LogP contribution >= 0.6 is 0 Å². The molecule has 0 aliphatic heterocycles. The first-order valence-electron chi connectivity index (χ1n) is 8.16. The Morgan fingerprint density at radius 1 is 1.20 bits per heavy atom. The summed E-state index contributed by atoms with van der Waals surface area (Å²) in [4.78, 5) is 0. The quantitative estimate of drug-likeness (QED) is 0.833. The van der Waals surface area contributed by atoms with E-state index >= 15 is 0 Å². The summed E-state index contributed by atoms with van der Waals surface area (Å²) in [6.07, 6.45) is 8.22. The number of nitrogens with zero attached hydrogens (tertiary/aromatic N) is 4. The molecule has 1 aromatic heterocycles. The van der Waals surface area contributed by atoms with Gasteiger partial charge in [-0.05, 0) is 42.2 Å². The SMILES string of the molecule is CC(C)CNC(C)c1nnnn1CCC1CCCCC1. The van der Waals surface area contributed by atoms with E-state index in [1.165, 1.54) is 38.5 Å². The summed E-state index contributed by atoms with van der Waals surface area (Å²) >= 11 is 0. The number of tetrazole rings is 1. The van der Waals surface area contributed by atoms with E-state index in [9.17, 15) is 0 Å². The molecule has 114 valence electrons. The summed E-state index contributed by atoms with van der Waals surface area (Å²) in [5.41, 5.74) is 0. The summed E-state index contributed by atoms with van der Waals surface area (Å²) in [7, 11) is 0. The number of hydrogen-bond acceptors (Lipinski definition) is 4. The maximum Gasteiger partial charge on any atom is 0.167 e. The third-order valence-corrected chi connectivity index (χ3v) is 4.25. The standard InChI is InChI=1S/C15H29N5/c1-12(2)11-16-13(3)15-17-18-19-20(15)10-9-14-7-5-4-6-8-14/h12-14,16H,4-11H2,1-3H3. The average molecular weight is 279 g/mol. The fraction of sp³-hybridized carbons (Fsp3) is 0.933. The molecular formula is C15H29N5. The van der Waals surface area contributed by atoms with E-state index < -0.39 is 0 Å². The Kier molecular flexibility index (Phi) is 5.95. The van der Waals surface area contributed by atoms with Crippen molar-refractivity contribution in [2.24, 2.45) is 11.8 Å². The summed E-state index contributed by atoms with van der Waals surface area (Å²) < 4.78 is 1.99. The van der Waals surface area contributed by atoms with Crippen LogP contribution in [0.5, 0.6) is 0 Å². The third-order valence-electron chi connectivity index (χ3n) is 4.25. The number of nitrogens with one attached hydrogen (secondary N) is 1. The molecule has 1 N–H and O–H groups in total. The van der Waals surface area contributed by atoms with Gasteiger partial charge in [0.1, 0.15) is 0 Å². The molecule has 5 heteroatoms. The van der Waals surface area contributed by atoms with Gasteiger partial charge in [0.05, 0.1) is 6.04 Å². The van der Waals surface area contributed by atoms with Crippen molar-refractivity contribution in [3.05, 3.63) is 5.82 Å². The zero-order chi connectivity index (χ0) is 14.4. The van der Waals surface area contributed by atoms with Crippen LogP contribution in [0.4, 0.5) is 0 Å². The fourth-order valence-electron chi connectivity index (χ4n) is 2.97. The summed E-state index contributed by atoms with van der Waals surface area (Å²) in [5, 5.41) is 15.7. The van der Waals surface area contributed by atoms with Gasteiger partial charge in [-0.25, -0.2) is 4.68 Å². The molecule has 1 aliphatic carbocycles. The normalized spacial score (nSPS) is 18.6. The van der Waals surface area contributed by atoms with Crippen molar-refractivity contribution in [3.63, 3.8) is 0 Å². The molecule has 20 heavy (non-hydrogen) atoms. The van der Waals surface area contributed by atoms with Crippen molar-refractivity contribution in [1.82, 2.24) is 25.5 Å². The molecule has 0 radical (unpaired) electrons. The Labute approximate surface area is 122 Å². The zero-order valence-electron chi connectivity index (χ0n) is 13.2. The second-order valence-electron chi connectivity index (χ2n) is 6.58. The van der Waals surface area contributed by atoms with Crippen LogP contribution in [0.15, 0.2) is 0 Å². The van der Waals surface area contributed by atoms with E-state index in [1.54, 1.807) is 0 Å². The highest BCUT2D eigenvalue weighted by Gasteiger charge is 2.17. The van der Waals surface area contributed by atoms with Crippen LogP contribution in [0, 0.1) is 11.8 Å². The lowest BCUT2D eigenvalue weighted by Gasteiger charge is -2.21. The van der Waals surface area contributed by atoms with Crippen LogP contribution in [0.25, 0.3) is 0 Å². The van der Waals surface area contributed by atoms with Crippen LogP contribution in [0.3, 0.4) is 0 Å². The highest BCUT2D eigenvalue weighted by atomic mass is 15.5. The minimum absolute atomic E-state index is 0.221. The monoisotopic (exact) mass is 279 g/mol. The Bertz CT molecular complexity index is 381. The number of aryl methyl sites for hydroxylation is 1. The maximum atomic E-state index is 4.20. The van der Waals surface area contributed by atoms with Gasteiger partial charge in [-0.15, -0.1) is 5.10 Å². The first-order valence-corrected chi connectivity index (χ1v) is 8.16. The molecule has 1 saturated carbocycles. The van der Waals surface area contributed by atoms with E-state index in [4.69, 9.17) is 0 Å². The molecule has 2 rings (SSSR count). The molecule has 0 bridgehead atoms. The molecular weight excluding hydrogens is 250 g/mol. The van der Waals surface area contributed by atoms with Gasteiger partial charge >= 0.3 is 0 Å².